The zero-order chi connectivity index (χ0) is 26.4. The average molecular weight is 529 g/mol. The highest BCUT2D eigenvalue weighted by Gasteiger charge is 2.39. The van der Waals surface area contributed by atoms with Gasteiger partial charge in [0.15, 0.2) is 0 Å². The molecule has 1 aromatic rings. The van der Waals surface area contributed by atoms with Gasteiger partial charge in [0.1, 0.15) is 6.04 Å². The van der Waals surface area contributed by atoms with Crippen LogP contribution in [-0.2, 0) is 20.9 Å². The largest absolute Gasteiger partial charge is 0.378 e. The van der Waals surface area contributed by atoms with E-state index in [4.69, 9.17) is 4.74 Å². The van der Waals surface area contributed by atoms with Crippen LogP contribution >= 0.6 is 11.8 Å². The number of unbranched alkanes of at least 4 members (excludes halogenated alkanes) is 4. The van der Waals surface area contributed by atoms with Crippen LogP contribution in [0.1, 0.15) is 101 Å². The summed E-state index contributed by atoms with van der Waals surface area (Å²) in [6, 6.07) is 5.31. The normalized spacial score (nSPS) is 26.1. The van der Waals surface area contributed by atoms with E-state index in [1.165, 1.54) is 38.5 Å². The SMILES string of the molecule is CC(C)[C@H]1CC[C@H](C)C[C@@H]1OCCCCCCCSc1cccc2c1CN(C1CCC(=O)NC1=O)C2=O. The first-order valence-electron chi connectivity index (χ1n) is 14.4. The third kappa shape index (κ3) is 7.17. The van der Waals surface area contributed by atoms with E-state index in [1.54, 1.807) is 4.90 Å². The van der Waals surface area contributed by atoms with E-state index >= 15 is 0 Å². The summed E-state index contributed by atoms with van der Waals surface area (Å²) in [5.41, 5.74) is 1.72. The number of carbonyl (C=O) groups is 3. The summed E-state index contributed by atoms with van der Waals surface area (Å²) < 4.78 is 6.35. The molecule has 2 heterocycles. The summed E-state index contributed by atoms with van der Waals surface area (Å²) in [6.45, 7) is 8.38. The van der Waals surface area contributed by atoms with Crippen molar-refractivity contribution in [2.45, 2.75) is 109 Å². The number of hydrogen-bond donors (Lipinski definition) is 1. The summed E-state index contributed by atoms with van der Waals surface area (Å²) in [5, 5.41) is 2.37. The van der Waals surface area contributed by atoms with Crippen molar-refractivity contribution in [3.63, 3.8) is 0 Å². The first kappa shape index (κ1) is 28.2. The predicted molar refractivity (Wildman–Crippen MR) is 147 cm³/mol. The van der Waals surface area contributed by atoms with Crippen LogP contribution in [-0.4, -0.2) is 47.1 Å². The van der Waals surface area contributed by atoms with Crippen LogP contribution in [0.15, 0.2) is 23.1 Å². The molecule has 2 aliphatic heterocycles. The number of nitrogens with zero attached hydrogens (tertiary/aromatic N) is 1. The number of benzene rings is 1. The van der Waals surface area contributed by atoms with E-state index in [9.17, 15) is 14.4 Å². The summed E-state index contributed by atoms with van der Waals surface area (Å²) >= 11 is 1.81. The van der Waals surface area contributed by atoms with Gasteiger partial charge in [0.05, 0.1) is 6.10 Å². The van der Waals surface area contributed by atoms with Gasteiger partial charge in [0, 0.05) is 30.0 Å². The molecule has 3 amide bonds. The van der Waals surface area contributed by atoms with Gasteiger partial charge >= 0.3 is 0 Å². The molecule has 1 saturated heterocycles. The molecule has 1 aliphatic carbocycles. The van der Waals surface area contributed by atoms with Gasteiger partial charge in [0.2, 0.25) is 11.8 Å². The second-order valence-corrected chi connectivity index (χ2v) is 12.7. The summed E-state index contributed by atoms with van der Waals surface area (Å²) in [7, 11) is 0. The first-order chi connectivity index (χ1) is 17.8. The van der Waals surface area contributed by atoms with Crippen LogP contribution < -0.4 is 5.32 Å². The van der Waals surface area contributed by atoms with Crippen LogP contribution in [0.25, 0.3) is 0 Å². The Kier molecular flexibility index (Phi) is 10.1. The lowest BCUT2D eigenvalue weighted by Gasteiger charge is -2.37. The molecule has 7 heteroatoms. The molecule has 2 fully saturated rings. The topological polar surface area (TPSA) is 75.7 Å². The van der Waals surface area contributed by atoms with E-state index in [2.05, 4.69) is 32.2 Å². The fraction of sp³-hybridized carbons (Fsp3) is 0.700. The molecule has 1 saturated carbocycles. The van der Waals surface area contributed by atoms with Crippen LogP contribution in [0.5, 0.6) is 0 Å². The number of fused-ring (bicyclic) bond motifs is 1. The fourth-order valence-electron chi connectivity index (χ4n) is 6.15. The number of hydrogen-bond acceptors (Lipinski definition) is 5. The van der Waals surface area contributed by atoms with Gasteiger partial charge < -0.3 is 9.64 Å². The molecular weight excluding hydrogens is 484 g/mol. The van der Waals surface area contributed by atoms with Crippen LogP contribution in [0, 0.1) is 17.8 Å². The first-order valence-corrected chi connectivity index (χ1v) is 15.3. The summed E-state index contributed by atoms with van der Waals surface area (Å²) in [6.07, 6.45) is 11.0. The Balaban J connectivity index is 1.14. The van der Waals surface area contributed by atoms with E-state index < -0.39 is 6.04 Å². The van der Waals surface area contributed by atoms with Gasteiger partial charge in [-0.05, 0) is 73.3 Å². The molecule has 1 aromatic carbocycles. The average Bonchev–Trinajstić information content (AvgIpc) is 3.19. The minimum Gasteiger partial charge on any atom is -0.378 e. The number of ether oxygens (including phenoxy) is 1. The van der Waals surface area contributed by atoms with Gasteiger partial charge in [-0.15, -0.1) is 11.8 Å². The second-order valence-electron chi connectivity index (χ2n) is 11.5. The maximum atomic E-state index is 13.0. The zero-order valence-corrected chi connectivity index (χ0v) is 23.6. The van der Waals surface area contributed by atoms with Gasteiger partial charge in [-0.1, -0.05) is 52.5 Å². The Morgan fingerprint density at radius 2 is 1.84 bits per heavy atom. The molecule has 204 valence electrons. The standard InChI is InChI=1S/C30H44N2O4S/c1-20(2)22-13-12-21(3)18-26(22)36-16-7-5-4-6-8-17-37-27-11-9-10-23-24(27)19-32(30(23)35)25-14-15-28(33)31-29(25)34/h9-11,20-22,25-26H,4-8,12-19H2,1-3H3,(H,31,33,34)/t21-,22+,25?,26-/m0/s1. The number of imide groups is 1. The second kappa shape index (κ2) is 13.3. The molecule has 0 spiro atoms. The third-order valence-corrected chi connectivity index (χ3v) is 9.56. The van der Waals surface area contributed by atoms with Crippen molar-refractivity contribution >= 4 is 29.5 Å². The van der Waals surface area contributed by atoms with Crippen molar-refractivity contribution in [1.82, 2.24) is 10.2 Å². The molecule has 0 aromatic heterocycles. The van der Waals surface area contributed by atoms with Crippen LogP contribution in [0.3, 0.4) is 0 Å². The zero-order valence-electron chi connectivity index (χ0n) is 22.8. The van der Waals surface area contributed by atoms with Crippen LogP contribution in [0.2, 0.25) is 0 Å². The molecule has 1 N–H and O–H groups in total. The lowest BCUT2D eigenvalue weighted by atomic mass is 9.75. The summed E-state index contributed by atoms with van der Waals surface area (Å²) in [5.74, 6) is 2.53. The number of thioether (sulfide) groups is 1. The van der Waals surface area contributed by atoms with Gasteiger partial charge in [-0.2, -0.15) is 0 Å². The van der Waals surface area contributed by atoms with Gasteiger partial charge in [0.25, 0.3) is 5.91 Å². The Morgan fingerprint density at radius 1 is 1.05 bits per heavy atom. The van der Waals surface area contributed by atoms with Crippen molar-refractivity contribution < 1.29 is 19.1 Å². The number of piperidine rings is 1. The maximum Gasteiger partial charge on any atom is 0.255 e. The highest BCUT2D eigenvalue weighted by Crippen LogP contribution is 2.36. The Labute approximate surface area is 226 Å². The molecule has 4 rings (SSSR count). The minimum absolute atomic E-state index is 0.100. The molecule has 4 atom stereocenters. The molecule has 1 unspecified atom stereocenters. The molecule has 37 heavy (non-hydrogen) atoms. The van der Waals surface area contributed by atoms with E-state index in [-0.39, 0.29) is 24.1 Å². The highest BCUT2D eigenvalue weighted by molar-refractivity contribution is 7.99. The van der Waals surface area contributed by atoms with Crippen molar-refractivity contribution in [3.05, 3.63) is 29.3 Å². The van der Waals surface area contributed by atoms with E-state index in [1.807, 2.05) is 23.9 Å². The lowest BCUT2D eigenvalue weighted by molar-refractivity contribution is -0.136. The quantitative estimate of drug-likeness (QED) is 0.206. The Hall–Kier alpha value is -1.86. The highest BCUT2D eigenvalue weighted by atomic mass is 32.2. The Bertz CT molecular complexity index is 965. The molecule has 0 bridgehead atoms. The maximum absolute atomic E-state index is 13.0. The number of nitrogens with one attached hydrogen (secondary N) is 1. The Morgan fingerprint density at radius 3 is 2.62 bits per heavy atom. The smallest absolute Gasteiger partial charge is 0.255 e. The number of carbonyl (C=O) groups excluding carboxylic acids is 3. The van der Waals surface area contributed by atoms with Gasteiger partial charge in [-0.3, -0.25) is 19.7 Å². The molecule has 3 aliphatic rings. The van der Waals surface area contributed by atoms with Crippen molar-refractivity contribution in [2.24, 2.45) is 17.8 Å². The molecular formula is C30H44N2O4S. The fourth-order valence-corrected chi connectivity index (χ4v) is 7.24. The van der Waals surface area contributed by atoms with Crippen LogP contribution in [0.4, 0.5) is 0 Å². The number of amides is 3. The van der Waals surface area contributed by atoms with Crippen molar-refractivity contribution in [1.29, 1.82) is 0 Å². The summed E-state index contributed by atoms with van der Waals surface area (Å²) in [4.78, 5) is 39.6. The predicted octanol–water partition coefficient (Wildman–Crippen LogP) is 5.97. The molecule has 0 radical (unpaired) electrons. The van der Waals surface area contributed by atoms with E-state index in [0.717, 1.165) is 47.5 Å². The molecule has 6 nitrogen and oxygen atoms in total. The monoisotopic (exact) mass is 528 g/mol. The lowest BCUT2D eigenvalue weighted by Crippen LogP contribution is -2.52. The number of rotatable bonds is 12. The van der Waals surface area contributed by atoms with Crippen molar-refractivity contribution in [2.75, 3.05) is 12.4 Å². The van der Waals surface area contributed by atoms with Gasteiger partial charge in [-0.25, -0.2) is 0 Å². The third-order valence-electron chi connectivity index (χ3n) is 8.38. The van der Waals surface area contributed by atoms with E-state index in [0.29, 0.717) is 30.6 Å². The van der Waals surface area contributed by atoms with Crippen molar-refractivity contribution in [3.8, 4) is 0 Å². The minimum atomic E-state index is -0.558.